The first-order valence-electron chi connectivity index (χ1n) is 6.23. The summed E-state index contributed by atoms with van der Waals surface area (Å²) in [5, 5.41) is 7.84. The summed E-state index contributed by atoms with van der Waals surface area (Å²) in [4.78, 5) is 7.74. The van der Waals surface area contributed by atoms with Gasteiger partial charge in [0.1, 0.15) is 12.4 Å². The SMILES string of the molecule is CS(=O)(=O)c1ccc2nc(Cn3cc(CN)nn3)[nH]c2c1. The Morgan fingerprint density at radius 1 is 1.38 bits per heavy atom. The molecule has 0 aliphatic carbocycles. The van der Waals surface area contributed by atoms with Crippen molar-refractivity contribution in [2.75, 3.05) is 6.26 Å². The molecule has 0 saturated carbocycles. The third-order valence-electron chi connectivity index (χ3n) is 3.04. The average Bonchev–Trinajstić information content (AvgIpc) is 3.02. The molecule has 0 bridgehead atoms. The van der Waals surface area contributed by atoms with Gasteiger partial charge in [-0.15, -0.1) is 5.10 Å². The molecule has 0 aliphatic heterocycles. The molecule has 0 spiro atoms. The van der Waals surface area contributed by atoms with E-state index in [4.69, 9.17) is 5.73 Å². The minimum atomic E-state index is -3.23. The second-order valence-corrected chi connectivity index (χ2v) is 6.76. The van der Waals surface area contributed by atoms with Crippen molar-refractivity contribution in [1.29, 1.82) is 0 Å². The number of hydrogen-bond donors (Lipinski definition) is 2. The molecule has 0 saturated heterocycles. The Labute approximate surface area is 120 Å². The summed E-state index contributed by atoms with van der Waals surface area (Å²) in [7, 11) is -3.23. The Hall–Kier alpha value is -2.26. The van der Waals surface area contributed by atoms with Crippen LogP contribution in [0.3, 0.4) is 0 Å². The number of hydrogen-bond acceptors (Lipinski definition) is 6. The Bertz CT molecular complexity index is 896. The molecule has 0 atom stereocenters. The summed E-state index contributed by atoms with van der Waals surface area (Å²) in [6.07, 6.45) is 2.92. The molecule has 110 valence electrons. The van der Waals surface area contributed by atoms with Crippen molar-refractivity contribution in [2.24, 2.45) is 5.73 Å². The highest BCUT2D eigenvalue weighted by atomic mass is 32.2. The van der Waals surface area contributed by atoms with E-state index in [1.165, 1.54) is 6.26 Å². The standard InChI is InChI=1S/C12H14N6O2S/c1-21(19,20)9-2-3-10-11(4-9)15-12(14-10)7-18-6-8(5-13)16-17-18/h2-4,6H,5,7,13H2,1H3,(H,14,15). The van der Waals surface area contributed by atoms with E-state index in [1.54, 1.807) is 29.1 Å². The van der Waals surface area contributed by atoms with E-state index in [-0.39, 0.29) is 4.90 Å². The Balaban J connectivity index is 1.93. The lowest BCUT2D eigenvalue weighted by molar-refractivity contribution is 0.602. The zero-order valence-electron chi connectivity index (χ0n) is 11.3. The van der Waals surface area contributed by atoms with Crippen LogP contribution in [-0.2, 0) is 22.9 Å². The number of sulfone groups is 1. The molecule has 3 rings (SSSR count). The van der Waals surface area contributed by atoms with E-state index in [0.29, 0.717) is 35.6 Å². The number of nitrogens with zero attached hydrogens (tertiary/aromatic N) is 4. The molecule has 0 fully saturated rings. The number of aromatic amines is 1. The maximum absolute atomic E-state index is 11.5. The third kappa shape index (κ3) is 2.78. The smallest absolute Gasteiger partial charge is 0.175 e. The molecule has 3 aromatic rings. The van der Waals surface area contributed by atoms with Crippen molar-refractivity contribution in [1.82, 2.24) is 25.0 Å². The predicted octanol–water partition coefficient (Wildman–Crippen LogP) is 0.0649. The summed E-state index contributed by atoms with van der Waals surface area (Å²) < 4.78 is 24.7. The highest BCUT2D eigenvalue weighted by molar-refractivity contribution is 7.90. The minimum Gasteiger partial charge on any atom is -0.340 e. The number of fused-ring (bicyclic) bond motifs is 1. The van der Waals surface area contributed by atoms with E-state index in [9.17, 15) is 8.42 Å². The highest BCUT2D eigenvalue weighted by Gasteiger charge is 2.10. The second kappa shape index (κ2) is 4.93. The Morgan fingerprint density at radius 3 is 2.86 bits per heavy atom. The fourth-order valence-corrected chi connectivity index (χ4v) is 2.66. The lowest BCUT2D eigenvalue weighted by atomic mass is 10.3. The fourth-order valence-electron chi connectivity index (χ4n) is 2.01. The molecule has 1 aromatic carbocycles. The largest absolute Gasteiger partial charge is 0.340 e. The van der Waals surface area contributed by atoms with Gasteiger partial charge in [-0.25, -0.2) is 18.1 Å². The molecular weight excluding hydrogens is 292 g/mol. The fraction of sp³-hybridized carbons (Fsp3) is 0.250. The molecule has 2 aromatic heterocycles. The van der Waals surface area contributed by atoms with Crippen molar-refractivity contribution >= 4 is 20.9 Å². The van der Waals surface area contributed by atoms with Crippen LogP contribution in [0.2, 0.25) is 0 Å². The van der Waals surface area contributed by atoms with Crippen LogP contribution in [0.25, 0.3) is 11.0 Å². The Kier molecular flexibility index (Phi) is 3.22. The molecule has 0 aliphatic rings. The van der Waals surface area contributed by atoms with Crippen LogP contribution in [0.4, 0.5) is 0 Å². The van der Waals surface area contributed by atoms with Crippen molar-refractivity contribution in [2.45, 2.75) is 18.0 Å². The van der Waals surface area contributed by atoms with Gasteiger partial charge in [-0.05, 0) is 18.2 Å². The van der Waals surface area contributed by atoms with E-state index in [1.807, 2.05) is 0 Å². The number of rotatable bonds is 4. The van der Waals surface area contributed by atoms with Gasteiger partial charge in [0.25, 0.3) is 0 Å². The van der Waals surface area contributed by atoms with Crippen LogP contribution >= 0.6 is 0 Å². The van der Waals surface area contributed by atoms with Gasteiger partial charge >= 0.3 is 0 Å². The van der Waals surface area contributed by atoms with Gasteiger partial charge in [0.05, 0.1) is 27.8 Å². The van der Waals surface area contributed by atoms with Gasteiger partial charge in [-0.1, -0.05) is 5.21 Å². The molecular formula is C12H14N6O2S. The summed E-state index contributed by atoms with van der Waals surface area (Å²) in [5.74, 6) is 0.670. The first-order valence-corrected chi connectivity index (χ1v) is 8.12. The van der Waals surface area contributed by atoms with Crippen LogP contribution in [0.15, 0.2) is 29.3 Å². The summed E-state index contributed by atoms with van der Waals surface area (Å²) in [5.41, 5.74) is 7.56. The van der Waals surface area contributed by atoms with Gasteiger partial charge in [-0.3, -0.25) is 0 Å². The average molecular weight is 306 g/mol. The molecule has 0 unspecified atom stereocenters. The molecule has 9 heteroatoms. The minimum absolute atomic E-state index is 0.261. The second-order valence-electron chi connectivity index (χ2n) is 4.75. The van der Waals surface area contributed by atoms with Crippen LogP contribution < -0.4 is 5.73 Å². The van der Waals surface area contributed by atoms with E-state index < -0.39 is 9.84 Å². The summed E-state index contributed by atoms with van der Waals surface area (Å²) in [6.45, 7) is 0.744. The number of nitrogens with two attached hydrogens (primary N) is 1. The maximum atomic E-state index is 11.5. The van der Waals surface area contributed by atoms with Crippen LogP contribution in [0, 0.1) is 0 Å². The first kappa shape index (κ1) is 13.7. The first-order chi connectivity index (χ1) is 9.95. The monoisotopic (exact) mass is 306 g/mol. The highest BCUT2D eigenvalue weighted by Crippen LogP contribution is 2.17. The molecule has 0 radical (unpaired) electrons. The molecule has 2 heterocycles. The lowest BCUT2D eigenvalue weighted by Gasteiger charge is -1.96. The molecule has 8 nitrogen and oxygen atoms in total. The number of imidazole rings is 1. The van der Waals surface area contributed by atoms with Gasteiger partial charge in [0, 0.05) is 12.8 Å². The van der Waals surface area contributed by atoms with Crippen LogP contribution in [-0.4, -0.2) is 39.6 Å². The van der Waals surface area contributed by atoms with Crippen molar-refractivity contribution in [3.63, 3.8) is 0 Å². The van der Waals surface area contributed by atoms with Gasteiger partial charge < -0.3 is 10.7 Å². The van der Waals surface area contributed by atoms with Crippen molar-refractivity contribution in [3.05, 3.63) is 35.9 Å². The number of aromatic nitrogens is 5. The molecule has 3 N–H and O–H groups in total. The number of benzene rings is 1. The van der Waals surface area contributed by atoms with E-state index >= 15 is 0 Å². The molecule has 21 heavy (non-hydrogen) atoms. The van der Waals surface area contributed by atoms with E-state index in [0.717, 1.165) is 0 Å². The van der Waals surface area contributed by atoms with Crippen molar-refractivity contribution in [3.8, 4) is 0 Å². The van der Waals surface area contributed by atoms with Gasteiger partial charge in [0.15, 0.2) is 9.84 Å². The lowest BCUT2D eigenvalue weighted by Crippen LogP contribution is -2.02. The quantitative estimate of drug-likeness (QED) is 0.703. The zero-order valence-corrected chi connectivity index (χ0v) is 12.1. The zero-order chi connectivity index (χ0) is 15.0. The summed E-state index contributed by atoms with van der Waals surface area (Å²) >= 11 is 0. The maximum Gasteiger partial charge on any atom is 0.175 e. The topological polar surface area (TPSA) is 120 Å². The predicted molar refractivity (Wildman–Crippen MR) is 76.2 cm³/mol. The van der Waals surface area contributed by atoms with Crippen molar-refractivity contribution < 1.29 is 8.42 Å². The molecule has 0 amide bonds. The van der Waals surface area contributed by atoms with Gasteiger partial charge in [-0.2, -0.15) is 0 Å². The number of H-pyrrole nitrogens is 1. The normalized spacial score (nSPS) is 12.1. The third-order valence-corrected chi connectivity index (χ3v) is 4.15. The Morgan fingerprint density at radius 2 is 2.19 bits per heavy atom. The van der Waals surface area contributed by atoms with Crippen LogP contribution in [0.1, 0.15) is 11.5 Å². The van der Waals surface area contributed by atoms with E-state index in [2.05, 4.69) is 20.3 Å². The summed E-state index contributed by atoms with van der Waals surface area (Å²) in [6, 6.07) is 4.80. The van der Waals surface area contributed by atoms with Gasteiger partial charge in [0.2, 0.25) is 0 Å². The van der Waals surface area contributed by atoms with Crippen LogP contribution in [0.5, 0.6) is 0 Å². The number of nitrogens with one attached hydrogen (secondary N) is 1.